The Hall–Kier alpha value is -2.41. The van der Waals surface area contributed by atoms with Gasteiger partial charge in [0.15, 0.2) is 0 Å². The second-order valence-electron chi connectivity index (χ2n) is 6.16. The Balaban J connectivity index is 1.82. The van der Waals surface area contributed by atoms with Crippen LogP contribution in [0.4, 0.5) is 0 Å². The maximum atomic E-state index is 12.3. The molecule has 0 spiro atoms. The van der Waals surface area contributed by atoms with Gasteiger partial charge >= 0.3 is 11.1 Å². The zero-order valence-corrected chi connectivity index (χ0v) is 13.7. The summed E-state index contributed by atoms with van der Waals surface area (Å²) >= 11 is 0. The van der Waals surface area contributed by atoms with Crippen LogP contribution in [-0.4, -0.2) is 35.1 Å². The van der Waals surface area contributed by atoms with Crippen LogP contribution in [0, 0.1) is 5.92 Å². The molecule has 2 aromatic rings. The Bertz CT molecular complexity index is 862. The Morgan fingerprint density at radius 2 is 2.21 bits per heavy atom. The van der Waals surface area contributed by atoms with Gasteiger partial charge in [-0.15, -0.1) is 0 Å². The van der Waals surface area contributed by atoms with Gasteiger partial charge in [-0.1, -0.05) is 0 Å². The zero-order valence-electron chi connectivity index (χ0n) is 13.7. The number of carbonyl (C=O) groups excluding carboxylic acids is 1. The highest BCUT2D eigenvalue weighted by Crippen LogP contribution is 2.13. The molecule has 1 aliphatic rings. The summed E-state index contributed by atoms with van der Waals surface area (Å²) in [5, 5.41) is 6.27. The van der Waals surface area contributed by atoms with Crippen molar-refractivity contribution in [2.24, 2.45) is 5.92 Å². The van der Waals surface area contributed by atoms with Crippen LogP contribution in [0.25, 0.3) is 11.0 Å². The lowest BCUT2D eigenvalue weighted by Crippen LogP contribution is -2.38. The molecule has 7 nitrogen and oxygen atoms in total. The van der Waals surface area contributed by atoms with Gasteiger partial charge in [0.1, 0.15) is 0 Å². The van der Waals surface area contributed by atoms with E-state index in [4.69, 9.17) is 0 Å². The van der Waals surface area contributed by atoms with Gasteiger partial charge in [0.2, 0.25) is 0 Å². The third-order valence-electron chi connectivity index (χ3n) is 4.50. The van der Waals surface area contributed by atoms with Crippen molar-refractivity contribution in [2.45, 2.75) is 26.3 Å². The predicted octanol–water partition coefficient (Wildman–Crippen LogP) is 0.439. The molecule has 2 heterocycles. The van der Waals surface area contributed by atoms with Crippen LogP contribution < -0.4 is 21.8 Å². The lowest BCUT2D eigenvalue weighted by molar-refractivity contribution is 0.0945. The number of hydrogen-bond acceptors (Lipinski definition) is 4. The van der Waals surface area contributed by atoms with Crippen LogP contribution in [0.3, 0.4) is 0 Å². The molecule has 1 aromatic carbocycles. The summed E-state index contributed by atoms with van der Waals surface area (Å²) < 4.78 is 1.41. The Labute approximate surface area is 139 Å². The molecule has 3 N–H and O–H groups in total. The first kappa shape index (κ1) is 16.4. The fraction of sp³-hybridized carbons (Fsp3) is 0.471. The molecule has 1 fully saturated rings. The number of piperidine rings is 1. The largest absolute Gasteiger partial charge is 0.352 e. The molecule has 0 saturated carbocycles. The molecule has 24 heavy (non-hydrogen) atoms. The van der Waals surface area contributed by atoms with Crippen molar-refractivity contribution in [1.82, 2.24) is 20.2 Å². The fourth-order valence-corrected chi connectivity index (χ4v) is 3.17. The van der Waals surface area contributed by atoms with E-state index in [1.807, 2.05) is 0 Å². The Morgan fingerprint density at radius 3 is 2.92 bits per heavy atom. The monoisotopic (exact) mass is 330 g/mol. The van der Waals surface area contributed by atoms with Gasteiger partial charge in [0, 0.05) is 18.7 Å². The van der Waals surface area contributed by atoms with Crippen molar-refractivity contribution in [2.75, 3.05) is 19.6 Å². The Kier molecular flexibility index (Phi) is 4.80. The molecule has 1 aliphatic heterocycles. The third-order valence-corrected chi connectivity index (χ3v) is 4.50. The number of aromatic amines is 1. The summed E-state index contributed by atoms with van der Waals surface area (Å²) in [6.45, 7) is 4.81. The SMILES string of the molecule is CCn1c(=O)c(=O)[nH]c2cc(C(=O)NCC3CCCNC3)ccc21. The summed E-state index contributed by atoms with van der Waals surface area (Å²) in [4.78, 5) is 38.5. The average molecular weight is 330 g/mol. The van der Waals surface area contributed by atoms with Crippen molar-refractivity contribution in [1.29, 1.82) is 0 Å². The van der Waals surface area contributed by atoms with Crippen molar-refractivity contribution < 1.29 is 4.79 Å². The maximum Gasteiger partial charge on any atom is 0.316 e. The molecule has 1 saturated heterocycles. The summed E-state index contributed by atoms with van der Waals surface area (Å²) in [5.41, 5.74) is 0.342. The van der Waals surface area contributed by atoms with Gasteiger partial charge < -0.3 is 20.2 Å². The van der Waals surface area contributed by atoms with Crippen molar-refractivity contribution in [3.63, 3.8) is 0 Å². The van der Waals surface area contributed by atoms with Crippen LogP contribution in [0.1, 0.15) is 30.1 Å². The number of rotatable bonds is 4. The molecule has 1 amide bonds. The minimum atomic E-state index is -0.671. The topological polar surface area (TPSA) is 96.0 Å². The van der Waals surface area contributed by atoms with Gasteiger partial charge in [0.25, 0.3) is 5.91 Å². The van der Waals surface area contributed by atoms with Crippen LogP contribution in [-0.2, 0) is 6.54 Å². The average Bonchev–Trinajstić information content (AvgIpc) is 2.61. The number of amides is 1. The quantitative estimate of drug-likeness (QED) is 0.709. The molecule has 1 atom stereocenters. The highest BCUT2D eigenvalue weighted by molar-refractivity contribution is 5.97. The van der Waals surface area contributed by atoms with E-state index in [0.717, 1.165) is 25.9 Å². The van der Waals surface area contributed by atoms with Crippen molar-refractivity contribution in [3.8, 4) is 0 Å². The summed E-state index contributed by atoms with van der Waals surface area (Å²) in [5.74, 6) is 0.283. The summed E-state index contributed by atoms with van der Waals surface area (Å²) in [6, 6.07) is 5.00. The molecule has 0 bridgehead atoms. The van der Waals surface area contributed by atoms with Gasteiger partial charge in [-0.2, -0.15) is 0 Å². The number of aryl methyl sites for hydroxylation is 1. The Morgan fingerprint density at radius 1 is 1.38 bits per heavy atom. The van der Waals surface area contributed by atoms with Gasteiger partial charge in [-0.05, 0) is 57.0 Å². The first-order valence-electron chi connectivity index (χ1n) is 8.36. The molecule has 3 rings (SSSR count). The van der Waals surface area contributed by atoms with E-state index in [1.54, 1.807) is 25.1 Å². The standard InChI is InChI=1S/C17H22N4O3/c1-2-21-14-6-5-12(8-13(14)20-16(23)17(21)24)15(22)19-10-11-4-3-7-18-9-11/h5-6,8,11,18H,2-4,7,9-10H2,1H3,(H,19,22)(H,20,23). The van der Waals surface area contributed by atoms with E-state index in [2.05, 4.69) is 15.6 Å². The number of benzene rings is 1. The second kappa shape index (κ2) is 7.00. The van der Waals surface area contributed by atoms with E-state index in [1.165, 1.54) is 4.57 Å². The third kappa shape index (κ3) is 3.26. The number of nitrogens with one attached hydrogen (secondary N) is 3. The fourth-order valence-electron chi connectivity index (χ4n) is 3.17. The maximum absolute atomic E-state index is 12.3. The van der Waals surface area contributed by atoms with Crippen LogP contribution >= 0.6 is 0 Å². The van der Waals surface area contributed by atoms with E-state index < -0.39 is 11.1 Å². The molecule has 128 valence electrons. The van der Waals surface area contributed by atoms with Gasteiger partial charge in [-0.25, -0.2) is 0 Å². The van der Waals surface area contributed by atoms with Crippen LogP contribution in [0.5, 0.6) is 0 Å². The van der Waals surface area contributed by atoms with Crippen molar-refractivity contribution in [3.05, 3.63) is 44.5 Å². The second-order valence-corrected chi connectivity index (χ2v) is 6.16. The molecule has 1 aromatic heterocycles. The van der Waals surface area contributed by atoms with E-state index in [0.29, 0.717) is 35.6 Å². The van der Waals surface area contributed by atoms with Crippen LogP contribution in [0.15, 0.2) is 27.8 Å². The summed E-state index contributed by atoms with van der Waals surface area (Å²) in [7, 11) is 0. The van der Waals surface area contributed by atoms with Gasteiger partial charge in [-0.3, -0.25) is 14.4 Å². The summed E-state index contributed by atoms with van der Waals surface area (Å²) in [6.07, 6.45) is 2.24. The molecule has 1 unspecified atom stereocenters. The number of carbonyl (C=O) groups is 1. The molecule has 0 aliphatic carbocycles. The van der Waals surface area contributed by atoms with E-state index in [-0.39, 0.29) is 5.91 Å². The smallest absolute Gasteiger partial charge is 0.316 e. The van der Waals surface area contributed by atoms with Crippen molar-refractivity contribution >= 4 is 16.9 Å². The molecular formula is C17H22N4O3. The number of aromatic nitrogens is 2. The minimum absolute atomic E-state index is 0.169. The zero-order chi connectivity index (χ0) is 17.1. The lowest BCUT2D eigenvalue weighted by atomic mass is 9.99. The van der Waals surface area contributed by atoms with Crippen LogP contribution in [0.2, 0.25) is 0 Å². The first-order valence-corrected chi connectivity index (χ1v) is 8.36. The van der Waals surface area contributed by atoms with E-state index in [9.17, 15) is 14.4 Å². The number of fused-ring (bicyclic) bond motifs is 1. The number of hydrogen-bond donors (Lipinski definition) is 3. The normalized spacial score (nSPS) is 17.8. The molecule has 7 heteroatoms. The number of nitrogens with zero attached hydrogens (tertiary/aromatic N) is 1. The minimum Gasteiger partial charge on any atom is -0.352 e. The predicted molar refractivity (Wildman–Crippen MR) is 92.4 cm³/mol. The molecule has 0 radical (unpaired) electrons. The lowest BCUT2D eigenvalue weighted by Gasteiger charge is -2.22. The highest BCUT2D eigenvalue weighted by atomic mass is 16.2. The molecular weight excluding hydrogens is 308 g/mol. The first-order chi connectivity index (χ1) is 11.6. The number of H-pyrrole nitrogens is 1. The van der Waals surface area contributed by atoms with Gasteiger partial charge in [0.05, 0.1) is 11.0 Å². The highest BCUT2D eigenvalue weighted by Gasteiger charge is 2.15. The van der Waals surface area contributed by atoms with E-state index >= 15 is 0 Å².